The normalized spacial score (nSPS) is 13.9. The van der Waals surface area contributed by atoms with Gasteiger partial charge in [-0.05, 0) is 31.9 Å². The highest BCUT2D eigenvalue weighted by atomic mass is 16.3. The highest BCUT2D eigenvalue weighted by molar-refractivity contribution is 5.52. The molecule has 4 heteroatoms. The van der Waals surface area contributed by atoms with Crippen LogP contribution in [-0.2, 0) is 0 Å². The minimum atomic E-state index is 0.0754. The molecule has 0 bridgehead atoms. The molecule has 1 aromatic rings. The number of aliphatic hydroxyl groups is 1. The molecule has 4 nitrogen and oxygen atoms in total. The highest BCUT2D eigenvalue weighted by Gasteiger charge is 2.13. The first-order chi connectivity index (χ1) is 7.58. The molecular weight excluding hydrogens is 202 g/mol. The zero-order valence-electron chi connectivity index (χ0n) is 9.86. The molecule has 2 unspecified atom stereocenters. The summed E-state index contributed by atoms with van der Waals surface area (Å²) in [7, 11) is 0. The summed E-state index contributed by atoms with van der Waals surface area (Å²) in [6.07, 6.45) is 0. The Morgan fingerprint density at radius 3 is 2.75 bits per heavy atom. The van der Waals surface area contributed by atoms with Gasteiger partial charge in [0.1, 0.15) is 11.9 Å². The van der Waals surface area contributed by atoms with Crippen LogP contribution in [0.15, 0.2) is 12.1 Å². The van der Waals surface area contributed by atoms with Crippen molar-refractivity contribution in [3.05, 3.63) is 23.4 Å². The predicted molar refractivity (Wildman–Crippen MR) is 63.0 cm³/mol. The van der Waals surface area contributed by atoms with Gasteiger partial charge < -0.3 is 10.4 Å². The van der Waals surface area contributed by atoms with Crippen LogP contribution < -0.4 is 5.32 Å². The number of nitrogens with one attached hydrogen (secondary N) is 1. The lowest BCUT2D eigenvalue weighted by Gasteiger charge is -2.20. The summed E-state index contributed by atoms with van der Waals surface area (Å²) in [5.74, 6) is 0.712. The van der Waals surface area contributed by atoms with Gasteiger partial charge in [-0.1, -0.05) is 6.92 Å². The van der Waals surface area contributed by atoms with Gasteiger partial charge in [-0.15, -0.1) is 0 Å². The molecular formula is C12H17N3O. The minimum Gasteiger partial charge on any atom is -0.396 e. The van der Waals surface area contributed by atoms with Crippen LogP contribution in [0.5, 0.6) is 0 Å². The third kappa shape index (κ3) is 2.94. The number of nitriles is 1. The fourth-order valence-corrected chi connectivity index (χ4v) is 1.27. The molecule has 0 fully saturated rings. The summed E-state index contributed by atoms with van der Waals surface area (Å²) < 4.78 is 0. The van der Waals surface area contributed by atoms with Crippen molar-refractivity contribution in [3.8, 4) is 6.07 Å². The first-order valence-corrected chi connectivity index (χ1v) is 5.33. The Bertz CT molecular complexity index is 398. The van der Waals surface area contributed by atoms with Crippen LogP contribution in [0.25, 0.3) is 0 Å². The van der Waals surface area contributed by atoms with Gasteiger partial charge in [0.05, 0.1) is 5.56 Å². The van der Waals surface area contributed by atoms with Crippen molar-refractivity contribution in [1.82, 2.24) is 4.98 Å². The maximum Gasteiger partial charge on any atom is 0.144 e. The molecule has 0 spiro atoms. The Balaban J connectivity index is 2.88. The number of anilines is 1. The maximum absolute atomic E-state index is 9.04. The highest BCUT2D eigenvalue weighted by Crippen LogP contribution is 2.15. The van der Waals surface area contributed by atoms with Crippen LogP contribution in [0.3, 0.4) is 0 Å². The van der Waals surface area contributed by atoms with Gasteiger partial charge in [0.2, 0.25) is 0 Å². The average Bonchev–Trinajstić information content (AvgIpc) is 2.28. The van der Waals surface area contributed by atoms with Gasteiger partial charge in [-0.25, -0.2) is 4.98 Å². The van der Waals surface area contributed by atoms with E-state index in [-0.39, 0.29) is 18.6 Å². The van der Waals surface area contributed by atoms with Crippen LogP contribution in [0.4, 0.5) is 5.82 Å². The summed E-state index contributed by atoms with van der Waals surface area (Å²) in [4.78, 5) is 4.29. The fraction of sp³-hybridized carbons (Fsp3) is 0.500. The van der Waals surface area contributed by atoms with E-state index in [0.29, 0.717) is 11.4 Å². The molecule has 0 radical (unpaired) electrons. The van der Waals surface area contributed by atoms with E-state index >= 15 is 0 Å². The lowest BCUT2D eigenvalue weighted by Crippen LogP contribution is -2.27. The molecule has 2 N–H and O–H groups in total. The molecule has 0 saturated carbocycles. The average molecular weight is 219 g/mol. The summed E-state index contributed by atoms with van der Waals surface area (Å²) in [5, 5.41) is 21.1. The van der Waals surface area contributed by atoms with E-state index in [1.165, 1.54) is 0 Å². The third-order valence-electron chi connectivity index (χ3n) is 2.66. The number of aryl methyl sites for hydroxylation is 1. The first-order valence-electron chi connectivity index (χ1n) is 5.33. The summed E-state index contributed by atoms with van der Waals surface area (Å²) >= 11 is 0. The first kappa shape index (κ1) is 12.5. The fourth-order valence-electron chi connectivity index (χ4n) is 1.27. The monoisotopic (exact) mass is 219 g/mol. The maximum atomic E-state index is 9.04. The van der Waals surface area contributed by atoms with E-state index in [9.17, 15) is 0 Å². The lowest BCUT2D eigenvalue weighted by atomic mass is 10.1. The summed E-state index contributed by atoms with van der Waals surface area (Å²) in [5.41, 5.74) is 1.40. The third-order valence-corrected chi connectivity index (χ3v) is 2.66. The van der Waals surface area contributed by atoms with Gasteiger partial charge in [-0.2, -0.15) is 5.26 Å². The van der Waals surface area contributed by atoms with E-state index in [4.69, 9.17) is 10.4 Å². The molecule has 0 aromatic carbocycles. The standard InChI is InChI=1S/C12H17N3O/c1-8(7-16)10(3)15-12-11(6-13)5-4-9(2)14-12/h4-5,8,10,16H,7H2,1-3H3,(H,14,15). The Morgan fingerprint density at radius 2 is 2.19 bits per heavy atom. The van der Waals surface area contributed by atoms with Crippen LogP contribution in [-0.4, -0.2) is 22.7 Å². The largest absolute Gasteiger partial charge is 0.396 e. The number of hydrogen-bond acceptors (Lipinski definition) is 4. The van der Waals surface area contributed by atoms with Crippen molar-refractivity contribution >= 4 is 5.82 Å². The summed E-state index contributed by atoms with van der Waals surface area (Å²) in [6.45, 7) is 5.90. The van der Waals surface area contributed by atoms with E-state index in [2.05, 4.69) is 16.4 Å². The van der Waals surface area contributed by atoms with Crippen LogP contribution in [0.1, 0.15) is 25.1 Å². The SMILES string of the molecule is Cc1ccc(C#N)c(NC(C)C(C)CO)n1. The number of hydrogen-bond donors (Lipinski definition) is 2. The van der Waals surface area contributed by atoms with Gasteiger partial charge in [-0.3, -0.25) is 0 Å². The van der Waals surface area contributed by atoms with Crippen molar-refractivity contribution < 1.29 is 5.11 Å². The van der Waals surface area contributed by atoms with Crippen molar-refractivity contribution in [2.75, 3.05) is 11.9 Å². The van der Waals surface area contributed by atoms with Crippen molar-refractivity contribution in [2.45, 2.75) is 26.8 Å². The molecule has 0 aliphatic carbocycles. The Morgan fingerprint density at radius 1 is 1.50 bits per heavy atom. The molecule has 0 saturated heterocycles. The number of pyridine rings is 1. The quantitative estimate of drug-likeness (QED) is 0.808. The second kappa shape index (κ2) is 5.47. The van der Waals surface area contributed by atoms with Gasteiger partial charge in [0.15, 0.2) is 0 Å². The van der Waals surface area contributed by atoms with Gasteiger partial charge in [0, 0.05) is 18.3 Å². The second-order valence-electron chi connectivity index (χ2n) is 4.05. The lowest BCUT2D eigenvalue weighted by molar-refractivity contribution is 0.226. The molecule has 16 heavy (non-hydrogen) atoms. The number of nitrogens with zero attached hydrogens (tertiary/aromatic N) is 2. The topological polar surface area (TPSA) is 68.9 Å². The van der Waals surface area contributed by atoms with E-state index in [1.54, 1.807) is 6.07 Å². The second-order valence-corrected chi connectivity index (χ2v) is 4.05. The Kier molecular flexibility index (Phi) is 4.27. The molecule has 1 rings (SSSR count). The Labute approximate surface area is 95.9 Å². The van der Waals surface area contributed by atoms with Crippen molar-refractivity contribution in [1.29, 1.82) is 5.26 Å². The molecule has 0 amide bonds. The van der Waals surface area contributed by atoms with Crippen molar-refractivity contribution in [3.63, 3.8) is 0 Å². The molecule has 1 aromatic heterocycles. The van der Waals surface area contributed by atoms with Crippen molar-refractivity contribution in [2.24, 2.45) is 5.92 Å². The molecule has 86 valence electrons. The van der Waals surface area contributed by atoms with Crippen LogP contribution in [0.2, 0.25) is 0 Å². The number of aromatic nitrogens is 1. The zero-order valence-corrected chi connectivity index (χ0v) is 9.86. The number of rotatable bonds is 4. The smallest absolute Gasteiger partial charge is 0.144 e. The van der Waals surface area contributed by atoms with Crippen LogP contribution in [0, 0.1) is 24.2 Å². The number of aliphatic hydroxyl groups excluding tert-OH is 1. The van der Waals surface area contributed by atoms with Gasteiger partial charge >= 0.3 is 0 Å². The summed E-state index contributed by atoms with van der Waals surface area (Å²) in [6, 6.07) is 5.73. The molecule has 0 aliphatic rings. The predicted octanol–water partition coefficient (Wildman–Crippen LogP) is 1.69. The minimum absolute atomic E-state index is 0.0754. The van der Waals surface area contributed by atoms with Gasteiger partial charge in [0.25, 0.3) is 0 Å². The van der Waals surface area contributed by atoms with E-state index < -0.39 is 0 Å². The molecule has 1 heterocycles. The zero-order chi connectivity index (χ0) is 12.1. The Hall–Kier alpha value is -1.60. The molecule has 0 aliphatic heterocycles. The van der Waals surface area contributed by atoms with E-state index in [1.807, 2.05) is 26.8 Å². The molecule has 2 atom stereocenters. The van der Waals surface area contributed by atoms with Crippen LogP contribution >= 0.6 is 0 Å². The van der Waals surface area contributed by atoms with E-state index in [0.717, 1.165) is 5.69 Å².